The lowest BCUT2D eigenvalue weighted by molar-refractivity contribution is -0.136. The Balaban J connectivity index is 2.22. The van der Waals surface area contributed by atoms with E-state index in [1.165, 1.54) is 12.1 Å². The van der Waals surface area contributed by atoms with Crippen LogP contribution in [0.2, 0.25) is 0 Å². The Bertz CT molecular complexity index is 599. The fourth-order valence-corrected chi connectivity index (χ4v) is 2.07. The van der Waals surface area contributed by atoms with Crippen LogP contribution in [0.1, 0.15) is 24.1 Å². The number of nitrogens with one attached hydrogen (secondary N) is 1. The van der Waals surface area contributed by atoms with Gasteiger partial charge in [-0.3, -0.25) is 4.79 Å². The molecule has 0 fully saturated rings. The zero-order chi connectivity index (χ0) is 14.5. The molecule has 2 aromatic carbocycles. The summed E-state index contributed by atoms with van der Waals surface area (Å²) in [6.45, 7) is 1.98. The molecule has 1 unspecified atom stereocenters. The van der Waals surface area contributed by atoms with Gasteiger partial charge in [0.1, 0.15) is 5.82 Å². The van der Waals surface area contributed by atoms with Crippen LogP contribution in [-0.2, 0) is 11.2 Å². The molecule has 2 aromatic rings. The van der Waals surface area contributed by atoms with Gasteiger partial charge in [-0.1, -0.05) is 30.3 Å². The van der Waals surface area contributed by atoms with E-state index >= 15 is 0 Å². The lowest BCUT2D eigenvalue weighted by atomic mass is 10.1. The Morgan fingerprint density at radius 3 is 2.60 bits per heavy atom. The zero-order valence-electron chi connectivity index (χ0n) is 11.1. The number of benzene rings is 2. The summed E-state index contributed by atoms with van der Waals surface area (Å²) in [7, 11) is 0. The van der Waals surface area contributed by atoms with Crippen molar-refractivity contribution in [2.24, 2.45) is 0 Å². The molecule has 2 N–H and O–H groups in total. The topological polar surface area (TPSA) is 49.3 Å². The number of anilines is 1. The third-order valence-electron chi connectivity index (χ3n) is 3.08. The molecular formula is C16H16FNO2. The van der Waals surface area contributed by atoms with E-state index in [9.17, 15) is 9.18 Å². The quantitative estimate of drug-likeness (QED) is 0.874. The van der Waals surface area contributed by atoms with Crippen LogP contribution >= 0.6 is 0 Å². The normalized spacial score (nSPS) is 11.9. The summed E-state index contributed by atoms with van der Waals surface area (Å²) in [4.78, 5) is 10.8. The van der Waals surface area contributed by atoms with Crippen molar-refractivity contribution in [1.82, 2.24) is 0 Å². The largest absolute Gasteiger partial charge is 0.481 e. The van der Waals surface area contributed by atoms with E-state index in [0.29, 0.717) is 11.3 Å². The summed E-state index contributed by atoms with van der Waals surface area (Å²) < 4.78 is 13.2. The SMILES string of the molecule is CC(Nc1ccc(F)cc1CC(=O)O)c1ccccc1. The Morgan fingerprint density at radius 1 is 1.25 bits per heavy atom. The fraction of sp³-hybridized carbons (Fsp3) is 0.188. The Hall–Kier alpha value is -2.36. The molecule has 2 rings (SSSR count). The van der Waals surface area contributed by atoms with E-state index < -0.39 is 11.8 Å². The van der Waals surface area contributed by atoms with E-state index in [0.717, 1.165) is 5.56 Å². The van der Waals surface area contributed by atoms with E-state index in [4.69, 9.17) is 5.11 Å². The molecule has 0 aromatic heterocycles. The Morgan fingerprint density at radius 2 is 1.95 bits per heavy atom. The summed E-state index contributed by atoms with van der Waals surface area (Å²) in [6.07, 6.45) is -0.207. The Labute approximate surface area is 117 Å². The van der Waals surface area contributed by atoms with Crippen LogP contribution in [0.25, 0.3) is 0 Å². The highest BCUT2D eigenvalue weighted by Crippen LogP contribution is 2.23. The van der Waals surface area contributed by atoms with Crippen molar-refractivity contribution in [1.29, 1.82) is 0 Å². The van der Waals surface area contributed by atoms with Gasteiger partial charge in [0, 0.05) is 11.7 Å². The van der Waals surface area contributed by atoms with Crippen molar-refractivity contribution >= 4 is 11.7 Å². The van der Waals surface area contributed by atoms with Gasteiger partial charge in [-0.2, -0.15) is 0 Å². The van der Waals surface area contributed by atoms with E-state index in [-0.39, 0.29) is 12.5 Å². The number of carboxylic acids is 1. The van der Waals surface area contributed by atoms with Crippen molar-refractivity contribution in [2.75, 3.05) is 5.32 Å². The molecule has 0 saturated heterocycles. The van der Waals surface area contributed by atoms with Gasteiger partial charge in [0.25, 0.3) is 0 Å². The standard InChI is InChI=1S/C16H16FNO2/c1-11(12-5-3-2-4-6-12)18-15-8-7-14(17)9-13(15)10-16(19)20/h2-9,11,18H,10H2,1H3,(H,19,20). The number of carbonyl (C=O) groups is 1. The van der Waals surface area contributed by atoms with Crippen LogP contribution in [0.15, 0.2) is 48.5 Å². The minimum atomic E-state index is -0.981. The van der Waals surface area contributed by atoms with Crippen LogP contribution in [0.3, 0.4) is 0 Å². The van der Waals surface area contributed by atoms with Gasteiger partial charge in [0.05, 0.1) is 6.42 Å². The zero-order valence-corrected chi connectivity index (χ0v) is 11.1. The monoisotopic (exact) mass is 273 g/mol. The molecule has 3 nitrogen and oxygen atoms in total. The molecule has 4 heteroatoms. The van der Waals surface area contributed by atoms with Crippen molar-refractivity contribution in [3.63, 3.8) is 0 Å². The first-order valence-electron chi connectivity index (χ1n) is 6.38. The second kappa shape index (κ2) is 6.19. The van der Waals surface area contributed by atoms with Gasteiger partial charge in [-0.15, -0.1) is 0 Å². The van der Waals surface area contributed by atoms with Crippen LogP contribution in [0, 0.1) is 5.82 Å². The molecule has 0 heterocycles. The molecule has 0 radical (unpaired) electrons. The maximum Gasteiger partial charge on any atom is 0.307 e. The molecule has 0 saturated carbocycles. The third-order valence-corrected chi connectivity index (χ3v) is 3.08. The predicted octanol–water partition coefficient (Wildman–Crippen LogP) is 3.63. The lowest BCUT2D eigenvalue weighted by Gasteiger charge is -2.18. The van der Waals surface area contributed by atoms with Crippen molar-refractivity contribution in [3.05, 3.63) is 65.5 Å². The smallest absolute Gasteiger partial charge is 0.307 e. The lowest BCUT2D eigenvalue weighted by Crippen LogP contribution is -2.10. The molecule has 0 spiro atoms. The molecule has 0 aliphatic carbocycles. The summed E-state index contributed by atoms with van der Waals surface area (Å²) >= 11 is 0. The number of rotatable bonds is 5. The van der Waals surface area contributed by atoms with Gasteiger partial charge in [-0.05, 0) is 36.2 Å². The molecule has 0 aliphatic rings. The van der Waals surface area contributed by atoms with Crippen molar-refractivity contribution in [3.8, 4) is 0 Å². The first-order valence-corrected chi connectivity index (χ1v) is 6.38. The first-order chi connectivity index (χ1) is 9.56. The van der Waals surface area contributed by atoms with Crippen LogP contribution in [-0.4, -0.2) is 11.1 Å². The molecular weight excluding hydrogens is 257 g/mol. The average molecular weight is 273 g/mol. The van der Waals surface area contributed by atoms with Gasteiger partial charge in [-0.25, -0.2) is 4.39 Å². The van der Waals surface area contributed by atoms with E-state index in [1.54, 1.807) is 6.07 Å². The van der Waals surface area contributed by atoms with Crippen LogP contribution < -0.4 is 5.32 Å². The summed E-state index contributed by atoms with van der Waals surface area (Å²) in [6, 6.07) is 14.0. The van der Waals surface area contributed by atoms with E-state index in [2.05, 4.69) is 5.32 Å². The molecule has 0 aliphatic heterocycles. The number of hydrogen-bond donors (Lipinski definition) is 2. The highest BCUT2D eigenvalue weighted by molar-refractivity contribution is 5.73. The first kappa shape index (κ1) is 14.1. The predicted molar refractivity (Wildman–Crippen MR) is 76.2 cm³/mol. The molecule has 20 heavy (non-hydrogen) atoms. The second-order valence-corrected chi connectivity index (χ2v) is 4.65. The second-order valence-electron chi connectivity index (χ2n) is 4.65. The van der Waals surface area contributed by atoms with Gasteiger partial charge < -0.3 is 10.4 Å². The van der Waals surface area contributed by atoms with Gasteiger partial charge in [0.15, 0.2) is 0 Å². The maximum atomic E-state index is 13.2. The highest BCUT2D eigenvalue weighted by atomic mass is 19.1. The van der Waals surface area contributed by atoms with Crippen molar-refractivity contribution in [2.45, 2.75) is 19.4 Å². The minimum Gasteiger partial charge on any atom is -0.481 e. The average Bonchev–Trinajstić information content (AvgIpc) is 2.42. The maximum absolute atomic E-state index is 13.2. The Kier molecular flexibility index (Phi) is 4.35. The number of aliphatic carboxylic acids is 1. The summed E-state index contributed by atoms with van der Waals surface area (Å²) in [5, 5.41) is 12.1. The van der Waals surface area contributed by atoms with Crippen LogP contribution in [0.4, 0.5) is 10.1 Å². The third kappa shape index (κ3) is 3.57. The molecule has 0 bridgehead atoms. The van der Waals surface area contributed by atoms with Crippen LogP contribution in [0.5, 0.6) is 0 Å². The molecule has 0 amide bonds. The summed E-state index contributed by atoms with van der Waals surface area (Å²) in [5.74, 6) is -1.41. The molecule has 1 atom stereocenters. The number of hydrogen-bond acceptors (Lipinski definition) is 2. The van der Waals surface area contributed by atoms with Gasteiger partial charge >= 0.3 is 5.97 Å². The number of halogens is 1. The van der Waals surface area contributed by atoms with Gasteiger partial charge in [0.2, 0.25) is 0 Å². The minimum absolute atomic E-state index is 0.00852. The molecule has 104 valence electrons. The highest BCUT2D eigenvalue weighted by Gasteiger charge is 2.11. The van der Waals surface area contributed by atoms with E-state index in [1.807, 2.05) is 37.3 Å². The van der Waals surface area contributed by atoms with Crippen molar-refractivity contribution < 1.29 is 14.3 Å². The summed E-state index contributed by atoms with van der Waals surface area (Å²) in [5.41, 5.74) is 2.17. The fourth-order valence-electron chi connectivity index (χ4n) is 2.07. The number of carboxylic acid groups (broad SMARTS) is 1.